The highest BCUT2D eigenvalue weighted by Crippen LogP contribution is 2.60. The molecular weight excluding hydrogens is 874 g/mol. The quantitative estimate of drug-likeness (QED) is 0.120. The van der Waals surface area contributed by atoms with E-state index in [1.807, 2.05) is 24.3 Å². The lowest BCUT2D eigenvalue weighted by atomic mass is 9.82. The van der Waals surface area contributed by atoms with Crippen LogP contribution in [0.15, 0.2) is 188 Å². The van der Waals surface area contributed by atoms with Crippen LogP contribution in [0.5, 0.6) is 0 Å². The lowest BCUT2D eigenvalue weighted by Crippen LogP contribution is -1.94. The molecule has 0 saturated carbocycles. The molecule has 0 aromatic heterocycles. The van der Waals surface area contributed by atoms with Crippen LogP contribution in [0.2, 0.25) is 0 Å². The minimum atomic E-state index is -0.302. The summed E-state index contributed by atoms with van der Waals surface area (Å²) in [5.74, 6) is -0.809. The van der Waals surface area contributed by atoms with E-state index in [9.17, 15) is 0 Å². The second-order valence-electron chi connectivity index (χ2n) is 20.1. The SMILES string of the molecule is Fc1cccc(-c2c3c(c(-c4cccc(F)c4)c4ccccc24)-c2ccc4c5ccc6c7c(F)cc8c9cc%10c(cc9c9ccc(c%11ccc(c%12ccc-3c2c%124)c5c%116)c7c98)c2cccc3cccc%10c32)c1. The molecule has 1 aliphatic rings. The number of fused-ring (bicyclic) bond motifs is 14. The molecule has 18 rings (SSSR count). The van der Waals surface area contributed by atoms with Gasteiger partial charge in [-0.3, -0.25) is 0 Å². The minimum Gasteiger partial charge on any atom is -0.207 e. The summed E-state index contributed by atoms with van der Waals surface area (Å²) < 4.78 is 48.1. The van der Waals surface area contributed by atoms with Crippen LogP contribution < -0.4 is 0 Å². The third-order valence-electron chi connectivity index (χ3n) is 16.9. The van der Waals surface area contributed by atoms with Crippen molar-refractivity contribution in [2.24, 2.45) is 0 Å². The zero-order valence-electron chi connectivity index (χ0n) is 37.5. The van der Waals surface area contributed by atoms with Crippen molar-refractivity contribution in [3.8, 4) is 44.5 Å². The highest BCUT2D eigenvalue weighted by atomic mass is 19.1. The Morgan fingerprint density at radius 1 is 0.211 bits per heavy atom. The molecule has 0 N–H and O–H groups in total. The third kappa shape index (κ3) is 4.26. The van der Waals surface area contributed by atoms with E-state index in [1.54, 1.807) is 30.3 Å². The van der Waals surface area contributed by atoms with E-state index in [2.05, 4.69) is 121 Å². The van der Waals surface area contributed by atoms with Gasteiger partial charge in [0.1, 0.15) is 17.5 Å². The van der Waals surface area contributed by atoms with Crippen LogP contribution in [0.3, 0.4) is 0 Å². The summed E-state index contributed by atoms with van der Waals surface area (Å²) in [6.45, 7) is 0. The topological polar surface area (TPSA) is 0 Å². The first-order valence-electron chi connectivity index (χ1n) is 24.3. The van der Waals surface area contributed by atoms with E-state index < -0.39 is 0 Å². The maximum atomic E-state index is 17.6. The Bertz CT molecular complexity index is 5160. The van der Waals surface area contributed by atoms with Crippen molar-refractivity contribution >= 4 is 140 Å². The highest BCUT2D eigenvalue weighted by molar-refractivity contribution is 6.48. The van der Waals surface area contributed by atoms with Gasteiger partial charge in [0, 0.05) is 10.8 Å². The first-order chi connectivity index (χ1) is 35.0. The Kier molecular flexibility index (Phi) is 6.44. The molecule has 0 atom stereocenters. The first kappa shape index (κ1) is 36.9. The molecule has 0 bridgehead atoms. The second-order valence-corrected chi connectivity index (χ2v) is 20.1. The number of rotatable bonds is 2. The molecule has 0 aliphatic heterocycles. The van der Waals surface area contributed by atoms with Gasteiger partial charge in [-0.05, 0) is 216 Å². The molecule has 0 saturated heterocycles. The minimum absolute atomic E-state index is 0.206. The monoisotopic (exact) mass is 904 g/mol. The molecule has 0 heterocycles. The Morgan fingerprint density at radius 3 is 1.14 bits per heavy atom. The normalized spacial score (nSPS) is 13.0. The van der Waals surface area contributed by atoms with Crippen LogP contribution in [0, 0.1) is 17.5 Å². The van der Waals surface area contributed by atoms with Crippen molar-refractivity contribution in [2.75, 3.05) is 0 Å². The molecule has 0 spiro atoms. The Labute approximate surface area is 401 Å². The molecule has 0 fully saturated rings. The van der Waals surface area contributed by atoms with Gasteiger partial charge in [-0.15, -0.1) is 0 Å². The van der Waals surface area contributed by atoms with Crippen LogP contribution in [-0.2, 0) is 0 Å². The standard InChI is InChI=1S/C68H31F3/c69-35-11-3-9-33(27-35)58-37-13-1-2-14-38(37)59(34-10-4-12-36(70)28-34)68-50-26-23-44-42-21-24-48-62-45(18-17-41(60(42)62)43-22-25-49(67(58)68)64(50)61(43)44)46-19-20-47-53-29-51-39-15-5-7-32-8-6-16-40(57(32)39)52(51)30-54(53)55-31-56(71)65(48)66(46)63(47)55/h1-31H. The van der Waals surface area contributed by atoms with Crippen LogP contribution in [0.4, 0.5) is 13.2 Å². The van der Waals surface area contributed by atoms with Crippen molar-refractivity contribution in [1.82, 2.24) is 0 Å². The van der Waals surface area contributed by atoms with E-state index in [4.69, 9.17) is 0 Å². The third-order valence-corrected chi connectivity index (χ3v) is 16.9. The number of hydrogen-bond donors (Lipinski definition) is 0. The average Bonchev–Trinajstić information content (AvgIpc) is 4.03. The zero-order valence-corrected chi connectivity index (χ0v) is 37.5. The lowest BCUT2D eigenvalue weighted by molar-refractivity contribution is 0.628. The van der Waals surface area contributed by atoms with Gasteiger partial charge in [-0.1, -0.05) is 146 Å². The fourth-order valence-electron chi connectivity index (χ4n) is 14.3. The largest absolute Gasteiger partial charge is 0.207 e. The zero-order chi connectivity index (χ0) is 46.3. The van der Waals surface area contributed by atoms with E-state index in [0.717, 1.165) is 147 Å². The van der Waals surface area contributed by atoms with Gasteiger partial charge in [0.25, 0.3) is 0 Å². The van der Waals surface area contributed by atoms with E-state index in [-0.39, 0.29) is 17.5 Å². The molecule has 0 nitrogen and oxygen atoms in total. The van der Waals surface area contributed by atoms with Crippen molar-refractivity contribution in [2.45, 2.75) is 0 Å². The van der Waals surface area contributed by atoms with Crippen molar-refractivity contribution in [3.63, 3.8) is 0 Å². The highest BCUT2D eigenvalue weighted by Gasteiger charge is 2.33. The summed E-state index contributed by atoms with van der Waals surface area (Å²) in [5, 5.41) is 28.6. The summed E-state index contributed by atoms with van der Waals surface area (Å²) in [6, 6.07) is 64.0. The molecule has 0 unspecified atom stereocenters. The van der Waals surface area contributed by atoms with E-state index in [1.165, 1.54) is 44.5 Å². The van der Waals surface area contributed by atoms with Crippen LogP contribution in [0.25, 0.3) is 185 Å². The van der Waals surface area contributed by atoms with Gasteiger partial charge >= 0.3 is 0 Å². The Morgan fingerprint density at radius 2 is 0.606 bits per heavy atom. The smallest absolute Gasteiger partial charge is 0.132 e. The lowest BCUT2D eigenvalue weighted by Gasteiger charge is -2.20. The van der Waals surface area contributed by atoms with Gasteiger partial charge in [-0.2, -0.15) is 0 Å². The Hall–Kier alpha value is -9.05. The summed E-state index contributed by atoms with van der Waals surface area (Å²) >= 11 is 0. The summed E-state index contributed by atoms with van der Waals surface area (Å²) in [5.41, 5.74) is 7.68. The molecule has 0 radical (unpaired) electrons. The van der Waals surface area contributed by atoms with E-state index in [0.29, 0.717) is 5.39 Å². The van der Waals surface area contributed by atoms with Crippen molar-refractivity contribution in [3.05, 3.63) is 206 Å². The second kappa shape index (κ2) is 12.4. The predicted molar refractivity (Wildman–Crippen MR) is 294 cm³/mol. The summed E-state index contributed by atoms with van der Waals surface area (Å²) in [7, 11) is 0. The maximum Gasteiger partial charge on any atom is 0.132 e. The van der Waals surface area contributed by atoms with Gasteiger partial charge in [0.15, 0.2) is 0 Å². The van der Waals surface area contributed by atoms with Gasteiger partial charge in [-0.25, -0.2) is 13.2 Å². The van der Waals surface area contributed by atoms with Crippen molar-refractivity contribution in [1.29, 1.82) is 0 Å². The fourth-order valence-corrected chi connectivity index (χ4v) is 14.3. The summed E-state index contributed by atoms with van der Waals surface area (Å²) in [6.07, 6.45) is 0. The fraction of sp³-hybridized carbons (Fsp3) is 0. The predicted octanol–water partition coefficient (Wildman–Crippen LogP) is 19.8. The maximum absolute atomic E-state index is 17.6. The number of halogens is 3. The van der Waals surface area contributed by atoms with Crippen LogP contribution in [0.1, 0.15) is 0 Å². The van der Waals surface area contributed by atoms with Gasteiger partial charge in [0.2, 0.25) is 0 Å². The molecule has 17 aromatic rings. The molecule has 324 valence electrons. The Balaban J connectivity index is 0.949. The average molecular weight is 905 g/mol. The number of hydrogen-bond acceptors (Lipinski definition) is 0. The summed E-state index contributed by atoms with van der Waals surface area (Å²) in [4.78, 5) is 0. The van der Waals surface area contributed by atoms with Gasteiger partial charge in [0.05, 0.1) is 0 Å². The molecule has 1 aliphatic carbocycles. The molecular formula is C68H31F3. The van der Waals surface area contributed by atoms with Crippen LogP contribution in [-0.4, -0.2) is 0 Å². The molecule has 3 heteroatoms. The van der Waals surface area contributed by atoms with Crippen molar-refractivity contribution < 1.29 is 13.2 Å². The van der Waals surface area contributed by atoms with Gasteiger partial charge < -0.3 is 0 Å². The molecule has 17 aromatic carbocycles. The molecule has 0 amide bonds. The van der Waals surface area contributed by atoms with E-state index >= 15 is 13.2 Å². The number of benzene rings is 15. The van der Waals surface area contributed by atoms with Crippen LogP contribution >= 0.6 is 0 Å². The first-order valence-corrected chi connectivity index (χ1v) is 24.3. The molecule has 71 heavy (non-hydrogen) atoms.